The molecular formula is C27H22F3N3O5S. The molecule has 39 heavy (non-hydrogen) atoms. The van der Waals surface area contributed by atoms with Crippen molar-refractivity contribution in [3.8, 4) is 17.2 Å². The molecule has 0 aliphatic carbocycles. The summed E-state index contributed by atoms with van der Waals surface area (Å²) < 4.78 is 56.0. The molecule has 0 amide bonds. The first kappa shape index (κ1) is 27.7. The van der Waals surface area contributed by atoms with Crippen molar-refractivity contribution in [3.63, 3.8) is 0 Å². The van der Waals surface area contributed by atoms with Gasteiger partial charge in [-0.15, -0.1) is 10.2 Å². The van der Waals surface area contributed by atoms with Gasteiger partial charge in [-0.1, -0.05) is 59.4 Å². The van der Waals surface area contributed by atoms with E-state index in [-0.39, 0.29) is 34.7 Å². The summed E-state index contributed by atoms with van der Waals surface area (Å²) in [5.41, 5.74) is 1.26. The van der Waals surface area contributed by atoms with Crippen LogP contribution in [0.25, 0.3) is 11.5 Å². The molecule has 202 valence electrons. The van der Waals surface area contributed by atoms with Crippen LogP contribution >= 0.6 is 11.8 Å². The van der Waals surface area contributed by atoms with Crippen LogP contribution < -0.4 is 4.74 Å². The number of aromatic nitrogens is 2. The number of ether oxygens (including phenoxy) is 2. The van der Waals surface area contributed by atoms with Gasteiger partial charge in [-0.25, -0.2) is 4.79 Å². The summed E-state index contributed by atoms with van der Waals surface area (Å²) in [7, 11) is 2.59. The number of esters is 1. The number of oxime groups is 1. The van der Waals surface area contributed by atoms with Crippen molar-refractivity contribution < 1.29 is 36.7 Å². The molecule has 0 aliphatic heterocycles. The number of alkyl halides is 3. The SMILES string of the molecule is CO/N=C(\C(=O)OC)c1ccccc1COc1ccc(-c2nnc(SCc3ccccc3C(F)(F)F)o2)cc1. The third kappa shape index (κ3) is 6.96. The molecule has 0 spiro atoms. The second-order valence-electron chi connectivity index (χ2n) is 7.90. The lowest BCUT2D eigenvalue weighted by Crippen LogP contribution is -2.19. The number of rotatable bonds is 10. The normalized spacial score (nSPS) is 11.8. The number of halogens is 3. The van der Waals surface area contributed by atoms with E-state index in [0.29, 0.717) is 22.4 Å². The molecule has 0 fully saturated rings. The Morgan fingerprint density at radius 1 is 0.949 bits per heavy atom. The monoisotopic (exact) mass is 557 g/mol. The van der Waals surface area contributed by atoms with Crippen molar-refractivity contribution in [2.45, 2.75) is 23.8 Å². The van der Waals surface area contributed by atoms with Gasteiger partial charge in [0.2, 0.25) is 5.89 Å². The van der Waals surface area contributed by atoms with E-state index in [0.717, 1.165) is 17.8 Å². The first-order chi connectivity index (χ1) is 18.8. The maximum atomic E-state index is 13.2. The van der Waals surface area contributed by atoms with Crippen LogP contribution in [0.2, 0.25) is 0 Å². The lowest BCUT2D eigenvalue weighted by atomic mass is 10.0. The van der Waals surface area contributed by atoms with Gasteiger partial charge in [-0.05, 0) is 41.5 Å². The fourth-order valence-corrected chi connectivity index (χ4v) is 4.33. The minimum Gasteiger partial charge on any atom is -0.489 e. The summed E-state index contributed by atoms with van der Waals surface area (Å²) in [6, 6.07) is 19.3. The van der Waals surface area contributed by atoms with Gasteiger partial charge in [0.1, 0.15) is 19.5 Å². The molecule has 0 unspecified atom stereocenters. The lowest BCUT2D eigenvalue weighted by Gasteiger charge is -2.12. The largest absolute Gasteiger partial charge is 0.489 e. The Bertz CT molecular complexity index is 1460. The van der Waals surface area contributed by atoms with Gasteiger partial charge in [-0.3, -0.25) is 0 Å². The van der Waals surface area contributed by atoms with Gasteiger partial charge in [0.05, 0.1) is 12.7 Å². The van der Waals surface area contributed by atoms with Crippen molar-refractivity contribution in [1.82, 2.24) is 10.2 Å². The van der Waals surface area contributed by atoms with Crippen LogP contribution in [0.3, 0.4) is 0 Å². The van der Waals surface area contributed by atoms with E-state index in [2.05, 4.69) is 15.4 Å². The smallest absolute Gasteiger partial charge is 0.416 e. The second kappa shape index (κ2) is 12.5. The van der Waals surface area contributed by atoms with Gasteiger partial charge in [-0.2, -0.15) is 13.2 Å². The number of benzene rings is 3. The fraction of sp³-hybridized carbons (Fsp3) is 0.185. The number of hydrogen-bond acceptors (Lipinski definition) is 9. The molecule has 0 saturated carbocycles. The highest BCUT2D eigenvalue weighted by molar-refractivity contribution is 7.98. The maximum Gasteiger partial charge on any atom is 0.416 e. The average Bonchev–Trinajstić information content (AvgIpc) is 3.42. The molecule has 0 saturated heterocycles. The summed E-state index contributed by atoms with van der Waals surface area (Å²) in [6.07, 6.45) is -4.44. The maximum absolute atomic E-state index is 13.2. The van der Waals surface area contributed by atoms with Crippen molar-refractivity contribution >= 4 is 23.4 Å². The van der Waals surface area contributed by atoms with Crippen LogP contribution in [0.5, 0.6) is 5.75 Å². The molecule has 12 heteroatoms. The standard InChI is InChI=1S/C27H22F3N3O5S/c1-35-25(34)23(33-36-2)21-9-5-3-7-18(21)15-37-20-13-11-17(12-14-20)24-31-32-26(38-24)39-16-19-8-4-6-10-22(19)27(28,29)30/h3-14H,15-16H2,1-2H3/b33-23-. The molecule has 0 N–H and O–H groups in total. The molecule has 3 aromatic carbocycles. The molecule has 0 radical (unpaired) electrons. The molecule has 4 rings (SSSR count). The van der Waals surface area contributed by atoms with E-state index in [9.17, 15) is 18.0 Å². The third-order valence-electron chi connectivity index (χ3n) is 5.41. The Labute approximate surface area is 225 Å². The quantitative estimate of drug-likeness (QED) is 0.0992. The van der Waals surface area contributed by atoms with E-state index in [4.69, 9.17) is 18.7 Å². The predicted molar refractivity (Wildman–Crippen MR) is 137 cm³/mol. The van der Waals surface area contributed by atoms with Gasteiger partial charge < -0.3 is 18.7 Å². The highest BCUT2D eigenvalue weighted by Gasteiger charge is 2.32. The van der Waals surface area contributed by atoms with E-state index < -0.39 is 17.7 Å². The lowest BCUT2D eigenvalue weighted by molar-refractivity contribution is -0.138. The van der Waals surface area contributed by atoms with E-state index in [1.54, 1.807) is 54.6 Å². The van der Waals surface area contributed by atoms with Gasteiger partial charge in [0.15, 0.2) is 5.71 Å². The summed E-state index contributed by atoms with van der Waals surface area (Å²) in [5, 5.41) is 11.9. The van der Waals surface area contributed by atoms with Crippen molar-refractivity contribution in [1.29, 1.82) is 0 Å². The van der Waals surface area contributed by atoms with Crippen LogP contribution in [-0.4, -0.2) is 36.1 Å². The highest BCUT2D eigenvalue weighted by atomic mass is 32.2. The molecule has 4 aromatic rings. The highest BCUT2D eigenvalue weighted by Crippen LogP contribution is 2.35. The topological polar surface area (TPSA) is 96.0 Å². The summed E-state index contributed by atoms with van der Waals surface area (Å²) in [5.74, 6) is 0.139. The number of methoxy groups -OCH3 is 1. The Balaban J connectivity index is 1.40. The van der Waals surface area contributed by atoms with Crippen LogP contribution in [0.1, 0.15) is 22.3 Å². The van der Waals surface area contributed by atoms with E-state index >= 15 is 0 Å². The molecule has 8 nitrogen and oxygen atoms in total. The number of nitrogens with zero attached hydrogens (tertiary/aromatic N) is 3. The van der Waals surface area contributed by atoms with E-state index in [1.807, 2.05) is 0 Å². The molecule has 1 heterocycles. The van der Waals surface area contributed by atoms with Crippen LogP contribution in [0.15, 0.2) is 87.6 Å². The van der Waals surface area contributed by atoms with E-state index in [1.165, 1.54) is 26.4 Å². The molecule has 0 bridgehead atoms. The minimum atomic E-state index is -4.44. The van der Waals surface area contributed by atoms with Gasteiger partial charge >= 0.3 is 12.1 Å². The minimum absolute atomic E-state index is 0.0153. The first-order valence-electron chi connectivity index (χ1n) is 11.4. The third-order valence-corrected chi connectivity index (χ3v) is 6.28. The second-order valence-corrected chi connectivity index (χ2v) is 8.83. The Hall–Kier alpha value is -4.32. The van der Waals surface area contributed by atoms with Gasteiger partial charge in [0.25, 0.3) is 5.22 Å². The summed E-state index contributed by atoms with van der Waals surface area (Å²) in [6.45, 7) is 0.135. The average molecular weight is 558 g/mol. The van der Waals surface area contributed by atoms with Crippen LogP contribution in [-0.2, 0) is 32.9 Å². The zero-order valence-electron chi connectivity index (χ0n) is 20.8. The van der Waals surface area contributed by atoms with Crippen molar-refractivity contribution in [2.75, 3.05) is 14.2 Å². The number of thioether (sulfide) groups is 1. The Morgan fingerprint density at radius 2 is 1.64 bits per heavy atom. The predicted octanol–water partition coefficient (Wildman–Crippen LogP) is 6.15. The molecule has 0 aliphatic rings. The molecule has 1 aromatic heterocycles. The Morgan fingerprint density at radius 3 is 2.33 bits per heavy atom. The summed E-state index contributed by atoms with van der Waals surface area (Å²) >= 11 is 1.02. The molecular weight excluding hydrogens is 535 g/mol. The van der Waals surface area contributed by atoms with Crippen LogP contribution in [0.4, 0.5) is 13.2 Å². The number of carbonyl (C=O) groups is 1. The number of hydrogen-bond donors (Lipinski definition) is 0. The molecule has 0 atom stereocenters. The van der Waals surface area contributed by atoms with Crippen molar-refractivity contribution in [3.05, 3.63) is 95.1 Å². The zero-order chi connectivity index (χ0) is 27.8. The van der Waals surface area contributed by atoms with Gasteiger partial charge in [0, 0.05) is 16.9 Å². The van der Waals surface area contributed by atoms with Crippen molar-refractivity contribution in [2.24, 2.45) is 5.16 Å². The van der Waals surface area contributed by atoms with Crippen LogP contribution in [0, 0.1) is 0 Å². The fourth-order valence-electron chi connectivity index (χ4n) is 3.56. The number of carbonyl (C=O) groups excluding carboxylic acids is 1. The Kier molecular flexibility index (Phi) is 8.87. The first-order valence-corrected chi connectivity index (χ1v) is 12.4. The zero-order valence-corrected chi connectivity index (χ0v) is 21.6. The summed E-state index contributed by atoms with van der Waals surface area (Å²) in [4.78, 5) is 16.9.